The van der Waals surface area contributed by atoms with Crippen molar-refractivity contribution in [2.45, 2.75) is 38.5 Å². The molecule has 1 aliphatic rings. The number of carbonyl (C=O) groups excluding carboxylic acids is 2. The maximum absolute atomic E-state index is 13.4. The van der Waals surface area contributed by atoms with Gasteiger partial charge in [0.15, 0.2) is 0 Å². The number of rotatable bonds is 6. The first-order valence-corrected chi connectivity index (χ1v) is 10.3. The maximum atomic E-state index is 13.4. The second kappa shape index (κ2) is 9.08. The van der Waals surface area contributed by atoms with Gasteiger partial charge in [0, 0.05) is 19.6 Å². The predicted molar refractivity (Wildman–Crippen MR) is 117 cm³/mol. The fourth-order valence-corrected chi connectivity index (χ4v) is 4.36. The Morgan fingerprint density at radius 1 is 1.03 bits per heavy atom. The number of hydrogen-bond acceptors (Lipinski definition) is 2. The first kappa shape index (κ1) is 20.8. The number of carbonyl (C=O) groups is 2. The van der Waals surface area contributed by atoms with Gasteiger partial charge >= 0.3 is 0 Å². The van der Waals surface area contributed by atoms with Gasteiger partial charge in [-0.05, 0) is 61.4 Å². The summed E-state index contributed by atoms with van der Waals surface area (Å²) >= 11 is 0. The molecule has 4 nitrogen and oxygen atoms in total. The summed E-state index contributed by atoms with van der Waals surface area (Å²) in [5, 5.41) is 3.19. The molecule has 2 aromatic carbocycles. The van der Waals surface area contributed by atoms with Gasteiger partial charge in [0.2, 0.25) is 11.8 Å². The van der Waals surface area contributed by atoms with Crippen LogP contribution in [0.5, 0.6) is 0 Å². The van der Waals surface area contributed by atoms with E-state index in [2.05, 4.69) is 43.9 Å². The highest BCUT2D eigenvalue weighted by Crippen LogP contribution is 2.36. The second-order valence-electron chi connectivity index (χ2n) is 7.85. The zero-order valence-corrected chi connectivity index (χ0v) is 17.4. The van der Waals surface area contributed by atoms with E-state index in [0.717, 1.165) is 12.0 Å². The summed E-state index contributed by atoms with van der Waals surface area (Å²) in [7, 11) is 0. The zero-order chi connectivity index (χ0) is 20.9. The third kappa shape index (κ3) is 4.42. The predicted octanol–water partition coefficient (Wildman–Crippen LogP) is 3.71. The summed E-state index contributed by atoms with van der Waals surface area (Å²) in [6.07, 6.45) is 3.40. The number of nitrogens with one attached hydrogen (secondary N) is 1. The molecule has 2 amide bonds. The topological polar surface area (TPSA) is 49.4 Å². The standard InChI is InChI=1S/C25H30N2O2/c1-4-23(28)27-17-14-25(15-18-27,21-11-6-5-7-12-21)24(29)26-16-13-22-19(2)9-8-10-20(22)3/h4-12H,1,13-18H2,2-3H3,(H,26,29). The van der Waals surface area contributed by atoms with E-state index in [1.807, 2.05) is 30.3 Å². The first-order valence-electron chi connectivity index (χ1n) is 10.3. The van der Waals surface area contributed by atoms with Crippen LogP contribution in [0.25, 0.3) is 0 Å². The average molecular weight is 391 g/mol. The highest BCUT2D eigenvalue weighted by Gasteiger charge is 2.43. The molecule has 2 aromatic rings. The van der Waals surface area contributed by atoms with Crippen molar-refractivity contribution in [1.82, 2.24) is 10.2 Å². The molecular formula is C25H30N2O2. The minimum atomic E-state index is -0.597. The Hall–Kier alpha value is -2.88. The van der Waals surface area contributed by atoms with Crippen LogP contribution in [-0.4, -0.2) is 36.3 Å². The molecule has 4 heteroatoms. The number of likely N-dealkylation sites (tertiary alicyclic amines) is 1. The molecular weight excluding hydrogens is 360 g/mol. The van der Waals surface area contributed by atoms with E-state index >= 15 is 0 Å². The highest BCUT2D eigenvalue weighted by molar-refractivity contribution is 5.90. The van der Waals surface area contributed by atoms with Gasteiger partial charge < -0.3 is 10.2 Å². The van der Waals surface area contributed by atoms with Crippen LogP contribution in [-0.2, 0) is 21.4 Å². The van der Waals surface area contributed by atoms with Gasteiger partial charge in [0.05, 0.1) is 5.41 Å². The monoisotopic (exact) mass is 390 g/mol. The lowest BCUT2D eigenvalue weighted by molar-refractivity contribution is -0.133. The maximum Gasteiger partial charge on any atom is 0.245 e. The van der Waals surface area contributed by atoms with Crippen molar-refractivity contribution in [2.75, 3.05) is 19.6 Å². The molecule has 1 heterocycles. The van der Waals surface area contributed by atoms with E-state index in [0.29, 0.717) is 32.5 Å². The Balaban J connectivity index is 1.74. The Morgan fingerprint density at radius 3 is 2.24 bits per heavy atom. The van der Waals surface area contributed by atoms with Crippen LogP contribution in [0.2, 0.25) is 0 Å². The van der Waals surface area contributed by atoms with Gasteiger partial charge in [-0.2, -0.15) is 0 Å². The van der Waals surface area contributed by atoms with Gasteiger partial charge in [0.1, 0.15) is 0 Å². The summed E-state index contributed by atoms with van der Waals surface area (Å²) in [5.41, 5.74) is 4.24. The van der Waals surface area contributed by atoms with Crippen LogP contribution < -0.4 is 5.32 Å². The lowest BCUT2D eigenvalue weighted by Crippen LogP contribution is -2.52. The fraction of sp³-hybridized carbons (Fsp3) is 0.360. The molecule has 29 heavy (non-hydrogen) atoms. The van der Waals surface area contributed by atoms with Crippen LogP contribution in [0.4, 0.5) is 0 Å². The number of nitrogens with zero attached hydrogens (tertiary/aromatic N) is 1. The third-order valence-corrected chi connectivity index (χ3v) is 6.17. The molecule has 0 atom stereocenters. The molecule has 0 aromatic heterocycles. The molecule has 1 fully saturated rings. The molecule has 0 unspecified atom stereocenters. The first-order chi connectivity index (χ1) is 14.0. The zero-order valence-electron chi connectivity index (χ0n) is 17.4. The summed E-state index contributed by atoms with van der Waals surface area (Å²) in [5.74, 6) is -0.0114. The summed E-state index contributed by atoms with van der Waals surface area (Å²) < 4.78 is 0. The molecule has 152 valence electrons. The Kier molecular flexibility index (Phi) is 6.53. The Bertz CT molecular complexity index is 861. The fourth-order valence-electron chi connectivity index (χ4n) is 4.36. The summed E-state index contributed by atoms with van der Waals surface area (Å²) in [6, 6.07) is 16.3. The third-order valence-electron chi connectivity index (χ3n) is 6.17. The molecule has 3 rings (SSSR count). The normalized spacial score (nSPS) is 15.6. The minimum absolute atomic E-state index is 0.0561. The Morgan fingerprint density at radius 2 is 1.66 bits per heavy atom. The summed E-state index contributed by atoms with van der Waals surface area (Å²) in [4.78, 5) is 27.2. The molecule has 1 saturated heterocycles. The van der Waals surface area contributed by atoms with Gasteiger partial charge in [-0.15, -0.1) is 0 Å². The van der Waals surface area contributed by atoms with Crippen molar-refractivity contribution < 1.29 is 9.59 Å². The van der Waals surface area contributed by atoms with Crippen molar-refractivity contribution in [2.24, 2.45) is 0 Å². The molecule has 1 aliphatic heterocycles. The van der Waals surface area contributed by atoms with Gasteiger partial charge in [-0.25, -0.2) is 0 Å². The number of piperidine rings is 1. The lowest BCUT2D eigenvalue weighted by Gasteiger charge is -2.40. The van der Waals surface area contributed by atoms with E-state index in [9.17, 15) is 9.59 Å². The molecule has 0 saturated carbocycles. The van der Waals surface area contributed by atoms with E-state index in [1.54, 1.807) is 4.90 Å². The molecule has 0 bridgehead atoms. The number of hydrogen-bond donors (Lipinski definition) is 1. The van der Waals surface area contributed by atoms with E-state index in [1.165, 1.54) is 22.8 Å². The lowest BCUT2D eigenvalue weighted by atomic mass is 9.72. The van der Waals surface area contributed by atoms with Crippen molar-refractivity contribution in [3.05, 3.63) is 83.4 Å². The number of aryl methyl sites for hydroxylation is 2. The van der Waals surface area contributed by atoms with Gasteiger partial charge in [-0.3, -0.25) is 9.59 Å². The SMILES string of the molecule is C=CC(=O)N1CCC(C(=O)NCCc2c(C)cccc2C)(c2ccccc2)CC1. The van der Waals surface area contributed by atoms with Crippen molar-refractivity contribution in [3.8, 4) is 0 Å². The van der Waals surface area contributed by atoms with Crippen LogP contribution in [0.3, 0.4) is 0 Å². The molecule has 1 N–H and O–H groups in total. The van der Waals surface area contributed by atoms with Gasteiger partial charge in [-0.1, -0.05) is 55.1 Å². The van der Waals surface area contributed by atoms with Crippen LogP contribution in [0, 0.1) is 13.8 Å². The average Bonchev–Trinajstić information content (AvgIpc) is 2.75. The number of benzene rings is 2. The Labute approximate surface area is 173 Å². The number of amides is 2. The highest BCUT2D eigenvalue weighted by atomic mass is 16.2. The largest absolute Gasteiger partial charge is 0.355 e. The smallest absolute Gasteiger partial charge is 0.245 e. The minimum Gasteiger partial charge on any atom is -0.355 e. The van der Waals surface area contributed by atoms with E-state index in [-0.39, 0.29) is 11.8 Å². The molecule has 0 aliphatic carbocycles. The summed E-state index contributed by atoms with van der Waals surface area (Å²) in [6.45, 7) is 9.53. The van der Waals surface area contributed by atoms with Gasteiger partial charge in [0.25, 0.3) is 0 Å². The van der Waals surface area contributed by atoms with E-state index < -0.39 is 5.41 Å². The van der Waals surface area contributed by atoms with Crippen molar-refractivity contribution in [3.63, 3.8) is 0 Å². The van der Waals surface area contributed by atoms with Crippen molar-refractivity contribution in [1.29, 1.82) is 0 Å². The molecule has 0 radical (unpaired) electrons. The van der Waals surface area contributed by atoms with E-state index in [4.69, 9.17) is 0 Å². The van der Waals surface area contributed by atoms with Crippen LogP contribution in [0.15, 0.2) is 61.2 Å². The van der Waals surface area contributed by atoms with Crippen molar-refractivity contribution >= 4 is 11.8 Å². The van der Waals surface area contributed by atoms with Crippen LogP contribution in [0.1, 0.15) is 35.1 Å². The second-order valence-corrected chi connectivity index (χ2v) is 7.85. The quantitative estimate of drug-likeness (QED) is 0.765. The van der Waals surface area contributed by atoms with Crippen LogP contribution >= 0.6 is 0 Å². The molecule has 0 spiro atoms.